The minimum Gasteiger partial charge on any atom is -0.444 e. The number of hydrogen-bond acceptors (Lipinski definition) is 4. The lowest BCUT2D eigenvalue weighted by atomic mass is 10.1. The molecule has 1 amide bonds. The minimum atomic E-state index is -0.408. The molecule has 5 heteroatoms. The molecule has 0 aromatic rings. The Hall–Kier alpha value is -0.810. The monoisotopic (exact) mass is 311 g/mol. The van der Waals surface area contributed by atoms with Gasteiger partial charge in [0.05, 0.1) is 0 Å². The van der Waals surface area contributed by atoms with E-state index in [2.05, 4.69) is 17.3 Å². The molecular formula is C17H33N3O2. The first-order chi connectivity index (χ1) is 10.3. The Bertz CT molecular complexity index is 367. The molecule has 2 atom stereocenters. The maximum absolute atomic E-state index is 12.3. The highest BCUT2D eigenvalue weighted by Crippen LogP contribution is 2.22. The van der Waals surface area contributed by atoms with Gasteiger partial charge >= 0.3 is 6.09 Å². The zero-order valence-corrected chi connectivity index (χ0v) is 14.7. The third-order valence-electron chi connectivity index (χ3n) is 4.54. The second kappa shape index (κ2) is 7.64. The van der Waals surface area contributed by atoms with Crippen molar-refractivity contribution >= 4 is 6.09 Å². The van der Waals surface area contributed by atoms with Crippen LogP contribution in [0, 0.1) is 0 Å². The molecule has 22 heavy (non-hydrogen) atoms. The van der Waals surface area contributed by atoms with Crippen LogP contribution in [0.4, 0.5) is 4.79 Å². The summed E-state index contributed by atoms with van der Waals surface area (Å²) in [5.41, 5.74) is -0.408. The summed E-state index contributed by atoms with van der Waals surface area (Å²) in [5, 5.41) is 3.67. The molecule has 2 unspecified atom stereocenters. The number of carbonyl (C=O) groups is 1. The number of nitrogens with one attached hydrogen (secondary N) is 1. The Morgan fingerprint density at radius 2 is 1.95 bits per heavy atom. The largest absolute Gasteiger partial charge is 0.444 e. The first-order valence-electron chi connectivity index (χ1n) is 8.77. The number of ether oxygens (including phenoxy) is 1. The van der Waals surface area contributed by atoms with Gasteiger partial charge in [0.2, 0.25) is 0 Å². The van der Waals surface area contributed by atoms with Crippen LogP contribution >= 0.6 is 0 Å². The van der Waals surface area contributed by atoms with Crippen LogP contribution in [-0.2, 0) is 4.74 Å². The van der Waals surface area contributed by atoms with E-state index in [0.717, 1.165) is 38.9 Å². The van der Waals surface area contributed by atoms with Crippen LogP contribution in [0.3, 0.4) is 0 Å². The highest BCUT2D eigenvalue weighted by Gasteiger charge is 2.31. The number of piperidine rings is 1. The molecule has 1 N–H and O–H groups in total. The lowest BCUT2D eigenvalue weighted by Gasteiger charge is -2.32. The van der Waals surface area contributed by atoms with E-state index in [9.17, 15) is 4.79 Å². The molecule has 0 saturated carbocycles. The van der Waals surface area contributed by atoms with E-state index >= 15 is 0 Å². The van der Waals surface area contributed by atoms with Crippen molar-refractivity contribution in [1.82, 2.24) is 15.1 Å². The lowest BCUT2D eigenvalue weighted by molar-refractivity contribution is 0.0220. The number of rotatable bonds is 4. The highest BCUT2D eigenvalue weighted by atomic mass is 16.6. The molecule has 0 radical (unpaired) electrons. The van der Waals surface area contributed by atoms with Gasteiger partial charge in [-0.25, -0.2) is 4.79 Å². The highest BCUT2D eigenvalue weighted by molar-refractivity contribution is 5.68. The van der Waals surface area contributed by atoms with E-state index in [1.54, 1.807) is 0 Å². The van der Waals surface area contributed by atoms with Crippen LogP contribution in [-0.4, -0.2) is 66.8 Å². The maximum atomic E-state index is 12.3. The first kappa shape index (κ1) is 17.5. The molecule has 0 bridgehead atoms. The summed E-state index contributed by atoms with van der Waals surface area (Å²) in [7, 11) is 2.19. The van der Waals surface area contributed by atoms with Crippen LogP contribution < -0.4 is 5.32 Å². The van der Waals surface area contributed by atoms with Crippen molar-refractivity contribution < 1.29 is 9.53 Å². The van der Waals surface area contributed by atoms with Crippen LogP contribution in [0.1, 0.15) is 52.9 Å². The zero-order valence-electron chi connectivity index (χ0n) is 14.7. The van der Waals surface area contributed by atoms with Gasteiger partial charge in [0, 0.05) is 25.2 Å². The van der Waals surface area contributed by atoms with Gasteiger partial charge in [-0.1, -0.05) is 0 Å². The molecule has 0 aliphatic carbocycles. The Kier molecular flexibility index (Phi) is 6.09. The predicted octanol–water partition coefficient (Wildman–Crippen LogP) is 2.46. The Balaban J connectivity index is 1.73. The second-order valence-electron chi connectivity index (χ2n) is 7.81. The molecule has 2 heterocycles. The summed E-state index contributed by atoms with van der Waals surface area (Å²) in [6, 6.07) is 0.943. The van der Waals surface area contributed by atoms with Crippen molar-refractivity contribution in [3.8, 4) is 0 Å². The SMILES string of the molecule is CN1CCCC(NCCC2CCCN2C(=O)OC(C)(C)C)C1. The van der Waals surface area contributed by atoms with E-state index in [-0.39, 0.29) is 6.09 Å². The number of hydrogen-bond donors (Lipinski definition) is 1. The summed E-state index contributed by atoms with van der Waals surface area (Å²) in [4.78, 5) is 16.6. The third kappa shape index (κ3) is 5.43. The summed E-state index contributed by atoms with van der Waals surface area (Å²) in [6.45, 7) is 9.97. The van der Waals surface area contributed by atoms with Gasteiger partial charge in [-0.2, -0.15) is 0 Å². The molecule has 0 aromatic heterocycles. The van der Waals surface area contributed by atoms with Gasteiger partial charge in [-0.3, -0.25) is 0 Å². The van der Waals surface area contributed by atoms with Gasteiger partial charge in [-0.15, -0.1) is 0 Å². The van der Waals surface area contributed by atoms with Gasteiger partial charge in [0.25, 0.3) is 0 Å². The molecule has 2 aliphatic heterocycles. The summed E-state index contributed by atoms with van der Waals surface area (Å²) in [6.07, 6.45) is 5.63. The molecular weight excluding hydrogens is 278 g/mol. The van der Waals surface area contributed by atoms with Crippen LogP contribution in [0.5, 0.6) is 0 Å². The first-order valence-corrected chi connectivity index (χ1v) is 8.77. The van der Waals surface area contributed by atoms with Crippen molar-refractivity contribution in [3.05, 3.63) is 0 Å². The van der Waals surface area contributed by atoms with Gasteiger partial charge in [0.15, 0.2) is 0 Å². The standard InChI is InChI=1S/C17H33N3O2/c1-17(2,3)22-16(21)20-12-6-8-15(20)9-10-18-14-7-5-11-19(4)13-14/h14-15,18H,5-13H2,1-4H3. The van der Waals surface area contributed by atoms with Crippen molar-refractivity contribution in [1.29, 1.82) is 0 Å². The van der Waals surface area contributed by atoms with Crippen LogP contribution in [0.25, 0.3) is 0 Å². The van der Waals surface area contributed by atoms with Gasteiger partial charge < -0.3 is 19.9 Å². The fourth-order valence-electron chi connectivity index (χ4n) is 3.48. The van der Waals surface area contributed by atoms with Crippen molar-refractivity contribution in [3.63, 3.8) is 0 Å². The van der Waals surface area contributed by atoms with Gasteiger partial charge in [-0.05, 0) is 73.0 Å². The number of amides is 1. The summed E-state index contributed by atoms with van der Waals surface area (Å²) in [5.74, 6) is 0. The fourth-order valence-corrected chi connectivity index (χ4v) is 3.48. The molecule has 2 rings (SSSR count). The fraction of sp³-hybridized carbons (Fsp3) is 0.941. The van der Waals surface area contributed by atoms with Crippen LogP contribution in [0.2, 0.25) is 0 Å². The summed E-state index contributed by atoms with van der Waals surface area (Å²) >= 11 is 0. The quantitative estimate of drug-likeness (QED) is 0.866. The topological polar surface area (TPSA) is 44.8 Å². The van der Waals surface area contributed by atoms with Gasteiger partial charge in [0.1, 0.15) is 5.60 Å². The van der Waals surface area contributed by atoms with E-state index in [4.69, 9.17) is 4.74 Å². The van der Waals surface area contributed by atoms with E-state index in [0.29, 0.717) is 12.1 Å². The Morgan fingerprint density at radius 3 is 2.64 bits per heavy atom. The van der Waals surface area contributed by atoms with E-state index < -0.39 is 5.60 Å². The van der Waals surface area contributed by atoms with Crippen molar-refractivity contribution in [2.24, 2.45) is 0 Å². The number of nitrogens with zero attached hydrogens (tertiary/aromatic N) is 2. The number of likely N-dealkylation sites (N-methyl/N-ethyl adjacent to an activating group) is 1. The smallest absolute Gasteiger partial charge is 0.410 e. The predicted molar refractivity (Wildman–Crippen MR) is 89.1 cm³/mol. The Labute approximate surface area is 135 Å². The molecule has 0 aromatic carbocycles. The summed E-state index contributed by atoms with van der Waals surface area (Å²) < 4.78 is 5.52. The third-order valence-corrected chi connectivity index (χ3v) is 4.54. The zero-order chi connectivity index (χ0) is 16.2. The van der Waals surface area contributed by atoms with Crippen LogP contribution in [0.15, 0.2) is 0 Å². The van der Waals surface area contributed by atoms with Crippen molar-refractivity contribution in [2.45, 2.75) is 70.6 Å². The number of likely N-dealkylation sites (tertiary alicyclic amines) is 2. The van der Waals surface area contributed by atoms with E-state index in [1.807, 2.05) is 25.7 Å². The number of carbonyl (C=O) groups excluding carboxylic acids is 1. The molecule has 0 spiro atoms. The van der Waals surface area contributed by atoms with E-state index in [1.165, 1.54) is 19.4 Å². The lowest BCUT2D eigenvalue weighted by Crippen LogP contribution is -2.46. The molecule has 2 aliphatic rings. The molecule has 128 valence electrons. The average Bonchev–Trinajstić information content (AvgIpc) is 2.85. The average molecular weight is 311 g/mol. The normalized spacial score (nSPS) is 27.2. The second-order valence-corrected chi connectivity index (χ2v) is 7.81. The maximum Gasteiger partial charge on any atom is 0.410 e. The minimum absolute atomic E-state index is 0.146. The van der Waals surface area contributed by atoms with Crippen molar-refractivity contribution in [2.75, 3.05) is 33.2 Å². The molecule has 2 fully saturated rings. The Morgan fingerprint density at radius 1 is 1.23 bits per heavy atom. The molecule has 5 nitrogen and oxygen atoms in total. The molecule has 2 saturated heterocycles.